The summed E-state index contributed by atoms with van der Waals surface area (Å²) in [6.07, 6.45) is -3.55. The summed E-state index contributed by atoms with van der Waals surface area (Å²) in [5.41, 5.74) is -0.992. The van der Waals surface area contributed by atoms with E-state index in [0.29, 0.717) is 0 Å². The molecule has 1 heterocycles. The molecule has 0 amide bonds. The average molecular weight is 372 g/mol. The van der Waals surface area contributed by atoms with Gasteiger partial charge >= 0.3 is 11.8 Å². The van der Waals surface area contributed by atoms with Crippen molar-refractivity contribution in [3.05, 3.63) is 31.0 Å². The largest absolute Gasteiger partial charge is 0.469 e. The second-order valence-electron chi connectivity index (χ2n) is 3.15. The number of aromatic nitrogens is 1. The summed E-state index contributed by atoms with van der Waals surface area (Å²) in [6, 6.07) is 1.20. The van der Waals surface area contributed by atoms with E-state index in [1.807, 2.05) is 0 Å². The van der Waals surface area contributed by atoms with E-state index in [1.165, 1.54) is 6.07 Å². The van der Waals surface area contributed by atoms with Gasteiger partial charge in [-0.15, -0.1) is 0 Å². The van der Waals surface area contributed by atoms with Crippen LogP contribution < -0.4 is 0 Å². The van der Waals surface area contributed by atoms with E-state index in [1.54, 1.807) is 22.6 Å². The Labute approximate surface area is 114 Å². The molecule has 0 aromatic carbocycles. The number of nitrogens with zero attached hydrogens (tertiary/aromatic N) is 2. The highest BCUT2D eigenvalue weighted by molar-refractivity contribution is 14.1. The van der Waals surface area contributed by atoms with Crippen LogP contribution in [0.4, 0.5) is 14.6 Å². The van der Waals surface area contributed by atoms with Crippen LogP contribution in [0.15, 0.2) is 6.07 Å². The first-order valence-electron chi connectivity index (χ1n) is 4.55. The van der Waals surface area contributed by atoms with Gasteiger partial charge in [-0.2, -0.15) is 0 Å². The molecule has 0 aliphatic rings. The topological polar surface area (TPSA) is 82.3 Å². The number of rotatable bonds is 4. The summed E-state index contributed by atoms with van der Waals surface area (Å²) >= 11 is 1.65. The molecule has 1 aromatic rings. The van der Waals surface area contributed by atoms with Gasteiger partial charge in [-0.1, -0.05) is 0 Å². The molecular weight excluding hydrogens is 365 g/mol. The fraction of sp³-hybridized carbons (Fsp3) is 0.333. The van der Waals surface area contributed by atoms with Gasteiger partial charge in [0.15, 0.2) is 0 Å². The van der Waals surface area contributed by atoms with Crippen LogP contribution in [0.1, 0.15) is 17.6 Å². The lowest BCUT2D eigenvalue weighted by molar-refractivity contribution is -0.391. The van der Waals surface area contributed by atoms with Crippen molar-refractivity contribution >= 4 is 34.4 Å². The molecule has 0 atom stereocenters. The molecule has 1 aromatic heterocycles. The van der Waals surface area contributed by atoms with Crippen LogP contribution in [0, 0.1) is 13.8 Å². The Hall–Kier alpha value is -1.39. The van der Waals surface area contributed by atoms with Crippen LogP contribution in [0.2, 0.25) is 0 Å². The molecule has 0 spiro atoms. The third kappa shape index (κ3) is 3.31. The lowest BCUT2D eigenvalue weighted by Crippen LogP contribution is -2.11. The summed E-state index contributed by atoms with van der Waals surface area (Å²) in [7, 11) is 1.10. The van der Waals surface area contributed by atoms with Crippen LogP contribution in [0.5, 0.6) is 0 Å². The van der Waals surface area contributed by atoms with Crippen LogP contribution in [-0.2, 0) is 16.0 Å². The number of esters is 1. The maximum absolute atomic E-state index is 12.8. The second-order valence-corrected chi connectivity index (χ2v) is 4.26. The quantitative estimate of drug-likeness (QED) is 0.266. The van der Waals surface area contributed by atoms with Gasteiger partial charge in [-0.3, -0.25) is 4.79 Å². The summed E-state index contributed by atoms with van der Waals surface area (Å²) in [4.78, 5) is 24.2. The van der Waals surface area contributed by atoms with Gasteiger partial charge in [0, 0.05) is 28.7 Å². The van der Waals surface area contributed by atoms with Crippen molar-refractivity contribution in [2.45, 2.75) is 12.8 Å². The summed E-state index contributed by atoms with van der Waals surface area (Å²) < 4.78 is 30.2. The second kappa shape index (κ2) is 5.98. The zero-order chi connectivity index (χ0) is 13.9. The predicted molar refractivity (Wildman–Crippen MR) is 64.3 cm³/mol. The minimum Gasteiger partial charge on any atom is -0.469 e. The number of halogens is 3. The zero-order valence-corrected chi connectivity index (χ0v) is 11.2. The lowest BCUT2D eigenvalue weighted by Gasteiger charge is -2.08. The fourth-order valence-electron chi connectivity index (χ4n) is 1.31. The molecule has 0 aliphatic heterocycles. The molecule has 0 saturated heterocycles. The molecule has 0 radical (unpaired) electrons. The summed E-state index contributed by atoms with van der Waals surface area (Å²) in [6.45, 7) is 0. The van der Waals surface area contributed by atoms with E-state index < -0.39 is 35.1 Å². The number of alkyl halides is 2. The van der Waals surface area contributed by atoms with Crippen LogP contribution >= 0.6 is 22.6 Å². The van der Waals surface area contributed by atoms with E-state index in [0.717, 1.165) is 7.11 Å². The van der Waals surface area contributed by atoms with E-state index in [2.05, 4.69) is 9.72 Å². The van der Waals surface area contributed by atoms with E-state index >= 15 is 0 Å². The number of methoxy groups -OCH3 is 1. The fourth-order valence-corrected chi connectivity index (χ4v) is 1.91. The number of carbonyl (C=O) groups is 1. The lowest BCUT2D eigenvalue weighted by atomic mass is 10.1. The molecule has 18 heavy (non-hydrogen) atoms. The summed E-state index contributed by atoms with van der Waals surface area (Å²) in [5, 5.41) is 10.7. The zero-order valence-electron chi connectivity index (χ0n) is 9.02. The molecule has 0 fully saturated rings. The van der Waals surface area contributed by atoms with Gasteiger partial charge in [0.25, 0.3) is 6.43 Å². The summed E-state index contributed by atoms with van der Waals surface area (Å²) in [5.74, 6) is -1.69. The van der Waals surface area contributed by atoms with Gasteiger partial charge in [-0.25, -0.2) is 8.78 Å². The minimum atomic E-state index is -3.09. The maximum atomic E-state index is 12.8. The van der Waals surface area contributed by atoms with Gasteiger partial charge in [-0.05, 0) is 15.5 Å². The molecule has 0 bridgehead atoms. The minimum absolute atomic E-state index is 0.150. The number of hydrogen-bond acceptors (Lipinski definition) is 5. The Morgan fingerprint density at radius 3 is 2.72 bits per heavy atom. The van der Waals surface area contributed by atoms with E-state index in [4.69, 9.17) is 0 Å². The Morgan fingerprint density at radius 2 is 2.28 bits per heavy atom. The van der Waals surface area contributed by atoms with Gasteiger partial charge in [0.1, 0.15) is 5.56 Å². The first-order chi connectivity index (χ1) is 8.36. The average Bonchev–Trinajstić information content (AvgIpc) is 2.27. The standard InChI is InChI=1S/C9H7F2IN2O4/c1-18-6(15)3-4-2-5(12)13-9(14(16)17)7(4)8(10)11/h2,8H,3H2,1H3. The first kappa shape index (κ1) is 14.7. The number of hydrogen-bond donors (Lipinski definition) is 0. The van der Waals surface area contributed by atoms with Crippen molar-refractivity contribution in [3.8, 4) is 0 Å². The van der Waals surface area contributed by atoms with Crippen molar-refractivity contribution in [2.24, 2.45) is 0 Å². The Bertz CT molecular complexity index is 496. The molecule has 6 nitrogen and oxygen atoms in total. The van der Waals surface area contributed by atoms with Gasteiger partial charge in [0.2, 0.25) is 3.70 Å². The SMILES string of the molecule is COC(=O)Cc1cc(I)nc([N+](=O)[O-])c1C(F)F. The normalized spacial score (nSPS) is 10.5. The predicted octanol–water partition coefficient (Wildman–Crippen LogP) is 2.25. The van der Waals surface area contributed by atoms with Crippen molar-refractivity contribution in [3.63, 3.8) is 0 Å². The highest BCUT2D eigenvalue weighted by Gasteiger charge is 2.29. The van der Waals surface area contributed by atoms with E-state index in [9.17, 15) is 23.7 Å². The molecule has 1 rings (SSSR count). The molecule has 0 N–H and O–H groups in total. The maximum Gasteiger partial charge on any atom is 0.373 e. The highest BCUT2D eigenvalue weighted by atomic mass is 127. The number of nitro groups is 1. The smallest absolute Gasteiger partial charge is 0.373 e. The van der Waals surface area contributed by atoms with Crippen LogP contribution in [-0.4, -0.2) is 23.0 Å². The Morgan fingerprint density at radius 1 is 1.67 bits per heavy atom. The highest BCUT2D eigenvalue weighted by Crippen LogP contribution is 2.32. The monoisotopic (exact) mass is 372 g/mol. The molecule has 98 valence electrons. The molecular formula is C9H7F2IN2O4. The molecule has 0 saturated carbocycles. The molecule has 0 aliphatic carbocycles. The Kier molecular flexibility index (Phi) is 4.87. The number of ether oxygens (including phenoxy) is 1. The van der Waals surface area contributed by atoms with E-state index in [-0.39, 0.29) is 9.26 Å². The molecule has 0 unspecified atom stereocenters. The van der Waals surface area contributed by atoms with Crippen molar-refractivity contribution < 1.29 is 23.2 Å². The van der Waals surface area contributed by atoms with Gasteiger partial charge in [0.05, 0.1) is 13.5 Å². The van der Waals surface area contributed by atoms with Gasteiger partial charge < -0.3 is 14.9 Å². The van der Waals surface area contributed by atoms with Crippen molar-refractivity contribution in [1.82, 2.24) is 4.98 Å². The third-order valence-corrected chi connectivity index (χ3v) is 2.60. The first-order valence-corrected chi connectivity index (χ1v) is 5.63. The Balaban J connectivity index is 3.38. The third-order valence-electron chi connectivity index (χ3n) is 2.05. The number of pyridine rings is 1. The van der Waals surface area contributed by atoms with Crippen molar-refractivity contribution in [1.29, 1.82) is 0 Å². The van der Waals surface area contributed by atoms with Crippen LogP contribution in [0.3, 0.4) is 0 Å². The van der Waals surface area contributed by atoms with Crippen molar-refractivity contribution in [2.75, 3.05) is 7.11 Å². The molecule has 9 heteroatoms. The van der Waals surface area contributed by atoms with Crippen LogP contribution in [0.25, 0.3) is 0 Å². The number of carbonyl (C=O) groups excluding carboxylic acids is 1.